The molecule has 0 amide bonds. The van der Waals surface area contributed by atoms with Crippen molar-refractivity contribution in [1.29, 1.82) is 0 Å². The summed E-state index contributed by atoms with van der Waals surface area (Å²) in [5.74, 6) is 0. The summed E-state index contributed by atoms with van der Waals surface area (Å²) in [4.78, 5) is 0. The molecular formula is C16H23NO2. The third kappa shape index (κ3) is 2.20. The molecule has 0 spiro atoms. The maximum absolute atomic E-state index is 9.72. The van der Waals surface area contributed by atoms with E-state index in [1.165, 1.54) is 42.4 Å². The van der Waals surface area contributed by atoms with Gasteiger partial charge in [0.2, 0.25) is 0 Å². The minimum absolute atomic E-state index is 0.141. The third-order valence-electron chi connectivity index (χ3n) is 4.70. The standard InChI is InChI=1S/C16H23NO2/c1-17-15(16(9-18)10-19-11-16)14-7-6-12-4-2-3-5-13(12)8-14/h6-8,15,17-18H,2-5,9-11H2,1H3. The van der Waals surface area contributed by atoms with Crippen LogP contribution >= 0.6 is 0 Å². The predicted molar refractivity (Wildman–Crippen MR) is 75.2 cm³/mol. The van der Waals surface area contributed by atoms with E-state index in [0.29, 0.717) is 13.2 Å². The highest BCUT2D eigenvalue weighted by Gasteiger charge is 2.45. The van der Waals surface area contributed by atoms with Gasteiger partial charge in [0.25, 0.3) is 0 Å². The number of nitrogens with one attached hydrogen (secondary N) is 1. The molecule has 1 atom stereocenters. The molecule has 0 bridgehead atoms. The van der Waals surface area contributed by atoms with Crippen molar-refractivity contribution in [3.63, 3.8) is 0 Å². The second-order valence-electron chi connectivity index (χ2n) is 5.97. The average Bonchev–Trinajstić information content (AvgIpc) is 2.42. The Kier molecular flexibility index (Phi) is 3.61. The number of fused-ring (bicyclic) bond motifs is 1. The SMILES string of the molecule is CNC(c1ccc2c(c1)CCCC2)C1(CO)COC1. The van der Waals surface area contributed by atoms with Crippen LogP contribution in [0.2, 0.25) is 0 Å². The Bertz CT molecular complexity index is 449. The van der Waals surface area contributed by atoms with Gasteiger partial charge < -0.3 is 15.2 Å². The van der Waals surface area contributed by atoms with Crippen LogP contribution in [0.25, 0.3) is 0 Å². The average molecular weight is 261 g/mol. The largest absolute Gasteiger partial charge is 0.396 e. The molecule has 1 fully saturated rings. The number of hydrogen-bond donors (Lipinski definition) is 2. The lowest BCUT2D eigenvalue weighted by Gasteiger charge is -2.46. The first kappa shape index (κ1) is 13.1. The molecule has 0 aromatic heterocycles. The minimum Gasteiger partial charge on any atom is -0.396 e. The van der Waals surface area contributed by atoms with Crippen LogP contribution in [0.15, 0.2) is 18.2 Å². The highest BCUT2D eigenvalue weighted by molar-refractivity contribution is 5.36. The van der Waals surface area contributed by atoms with Crippen molar-refractivity contribution in [2.24, 2.45) is 5.41 Å². The third-order valence-corrected chi connectivity index (χ3v) is 4.70. The maximum Gasteiger partial charge on any atom is 0.0596 e. The van der Waals surface area contributed by atoms with Gasteiger partial charge in [-0.2, -0.15) is 0 Å². The monoisotopic (exact) mass is 261 g/mol. The highest BCUT2D eigenvalue weighted by Crippen LogP contribution is 2.40. The summed E-state index contributed by atoms with van der Waals surface area (Å²) in [6.45, 7) is 1.47. The normalized spacial score (nSPS) is 22.4. The molecule has 3 nitrogen and oxygen atoms in total. The summed E-state index contributed by atoms with van der Waals surface area (Å²) < 4.78 is 5.35. The van der Waals surface area contributed by atoms with Gasteiger partial charge >= 0.3 is 0 Å². The number of hydrogen-bond acceptors (Lipinski definition) is 3. The molecule has 3 heteroatoms. The van der Waals surface area contributed by atoms with Crippen LogP contribution in [0.5, 0.6) is 0 Å². The van der Waals surface area contributed by atoms with Crippen LogP contribution in [0.1, 0.15) is 35.6 Å². The number of aliphatic hydroxyl groups is 1. The van der Waals surface area contributed by atoms with Crippen molar-refractivity contribution in [2.45, 2.75) is 31.7 Å². The van der Waals surface area contributed by atoms with Crippen LogP contribution in [0.3, 0.4) is 0 Å². The zero-order chi connectivity index (χ0) is 13.3. The molecule has 0 saturated carbocycles. The van der Waals surface area contributed by atoms with Crippen molar-refractivity contribution in [3.8, 4) is 0 Å². The van der Waals surface area contributed by atoms with Crippen LogP contribution in [-0.4, -0.2) is 32.0 Å². The first-order chi connectivity index (χ1) is 9.29. The van der Waals surface area contributed by atoms with E-state index in [4.69, 9.17) is 4.74 Å². The van der Waals surface area contributed by atoms with E-state index in [1.54, 1.807) is 0 Å². The van der Waals surface area contributed by atoms with Crippen molar-refractivity contribution >= 4 is 0 Å². The van der Waals surface area contributed by atoms with Crippen LogP contribution in [-0.2, 0) is 17.6 Å². The van der Waals surface area contributed by atoms with Gasteiger partial charge in [0, 0.05) is 6.04 Å². The van der Waals surface area contributed by atoms with E-state index < -0.39 is 0 Å². The summed E-state index contributed by atoms with van der Waals surface area (Å²) in [6.07, 6.45) is 5.03. The molecule has 19 heavy (non-hydrogen) atoms. The molecule has 1 unspecified atom stereocenters. The fourth-order valence-corrected chi connectivity index (χ4v) is 3.47. The van der Waals surface area contributed by atoms with Crippen molar-refractivity contribution < 1.29 is 9.84 Å². The lowest BCUT2D eigenvalue weighted by atomic mass is 9.75. The van der Waals surface area contributed by atoms with Crippen molar-refractivity contribution in [3.05, 3.63) is 34.9 Å². The Morgan fingerprint density at radius 3 is 2.58 bits per heavy atom. The molecular weight excluding hydrogens is 238 g/mol. The zero-order valence-electron chi connectivity index (χ0n) is 11.6. The summed E-state index contributed by atoms with van der Waals surface area (Å²) in [5, 5.41) is 13.1. The van der Waals surface area contributed by atoms with E-state index in [-0.39, 0.29) is 18.1 Å². The minimum atomic E-state index is -0.141. The number of ether oxygens (including phenoxy) is 1. The molecule has 104 valence electrons. The van der Waals surface area contributed by atoms with Crippen LogP contribution < -0.4 is 5.32 Å². The molecule has 2 aliphatic rings. The van der Waals surface area contributed by atoms with E-state index in [1.807, 2.05) is 7.05 Å². The number of aryl methyl sites for hydroxylation is 2. The molecule has 3 rings (SSSR count). The van der Waals surface area contributed by atoms with E-state index in [0.717, 1.165) is 0 Å². The summed E-state index contributed by atoms with van der Waals surface area (Å²) in [7, 11) is 1.97. The fraction of sp³-hybridized carbons (Fsp3) is 0.625. The summed E-state index contributed by atoms with van der Waals surface area (Å²) in [5.41, 5.74) is 4.16. The molecule has 1 saturated heterocycles. The van der Waals surface area contributed by atoms with Gasteiger partial charge in [-0.25, -0.2) is 0 Å². The molecule has 1 aliphatic heterocycles. The first-order valence-electron chi connectivity index (χ1n) is 7.27. The molecule has 0 radical (unpaired) electrons. The Labute approximate surface area is 115 Å². The predicted octanol–water partition coefficient (Wildman–Crippen LogP) is 1.83. The molecule has 1 aromatic rings. The number of benzene rings is 1. The molecule has 1 aliphatic carbocycles. The summed E-state index contributed by atoms with van der Waals surface area (Å²) in [6, 6.07) is 7.02. The van der Waals surface area contributed by atoms with Crippen molar-refractivity contribution in [2.75, 3.05) is 26.9 Å². The number of rotatable bonds is 4. The quantitative estimate of drug-likeness (QED) is 0.869. The summed E-state index contributed by atoms with van der Waals surface area (Å²) >= 11 is 0. The molecule has 1 aromatic carbocycles. The Morgan fingerprint density at radius 2 is 2.00 bits per heavy atom. The van der Waals surface area contributed by atoms with Gasteiger partial charge in [-0.15, -0.1) is 0 Å². The molecule has 2 N–H and O–H groups in total. The Hall–Kier alpha value is -0.900. The van der Waals surface area contributed by atoms with Crippen LogP contribution in [0.4, 0.5) is 0 Å². The first-order valence-corrected chi connectivity index (χ1v) is 7.27. The molecule has 1 heterocycles. The van der Waals surface area contributed by atoms with Gasteiger partial charge in [-0.05, 0) is 49.4 Å². The Balaban J connectivity index is 1.91. The highest BCUT2D eigenvalue weighted by atomic mass is 16.5. The lowest BCUT2D eigenvalue weighted by molar-refractivity contribution is -0.155. The topological polar surface area (TPSA) is 41.5 Å². The van der Waals surface area contributed by atoms with Gasteiger partial charge in [0.05, 0.1) is 25.2 Å². The van der Waals surface area contributed by atoms with Gasteiger partial charge in [-0.3, -0.25) is 0 Å². The fourth-order valence-electron chi connectivity index (χ4n) is 3.47. The van der Waals surface area contributed by atoms with E-state index >= 15 is 0 Å². The second kappa shape index (κ2) is 5.23. The van der Waals surface area contributed by atoms with Gasteiger partial charge in [0.15, 0.2) is 0 Å². The smallest absolute Gasteiger partial charge is 0.0596 e. The lowest BCUT2D eigenvalue weighted by Crippen LogP contribution is -2.53. The van der Waals surface area contributed by atoms with Gasteiger partial charge in [-0.1, -0.05) is 18.2 Å². The van der Waals surface area contributed by atoms with Crippen LogP contribution in [0, 0.1) is 5.41 Å². The number of aliphatic hydroxyl groups excluding tert-OH is 1. The van der Waals surface area contributed by atoms with Crippen molar-refractivity contribution in [1.82, 2.24) is 5.32 Å². The maximum atomic E-state index is 9.72. The zero-order valence-corrected chi connectivity index (χ0v) is 11.6. The van der Waals surface area contributed by atoms with E-state index in [2.05, 4.69) is 23.5 Å². The van der Waals surface area contributed by atoms with Gasteiger partial charge in [0.1, 0.15) is 0 Å². The Morgan fingerprint density at radius 1 is 1.26 bits per heavy atom. The second-order valence-corrected chi connectivity index (χ2v) is 5.97. The van der Waals surface area contributed by atoms with E-state index in [9.17, 15) is 5.11 Å².